The molecule has 1 rings (SSSR count). The van der Waals surface area contributed by atoms with Gasteiger partial charge in [-0.3, -0.25) is 4.79 Å². The third kappa shape index (κ3) is 3.83. The Hall–Kier alpha value is -2.48. The predicted molar refractivity (Wildman–Crippen MR) is 66.8 cm³/mol. The summed E-state index contributed by atoms with van der Waals surface area (Å²) in [5.74, 6) is 0.0132. The number of ether oxygens (including phenoxy) is 2. The van der Waals surface area contributed by atoms with Crippen molar-refractivity contribution in [2.75, 3.05) is 18.9 Å². The molecule has 2 N–H and O–H groups in total. The van der Waals surface area contributed by atoms with Gasteiger partial charge in [0.25, 0.3) is 0 Å². The van der Waals surface area contributed by atoms with Crippen LogP contribution in [0.5, 0.6) is 5.75 Å². The number of nitrogens with two attached hydrogens (primary N) is 1. The van der Waals surface area contributed by atoms with Gasteiger partial charge in [0, 0.05) is 6.92 Å². The van der Waals surface area contributed by atoms with E-state index in [9.17, 15) is 4.79 Å². The van der Waals surface area contributed by atoms with E-state index < -0.39 is 0 Å². The zero-order chi connectivity index (χ0) is 13.5. The fourth-order valence-electron chi connectivity index (χ4n) is 1.21. The van der Waals surface area contributed by atoms with E-state index in [0.717, 1.165) is 0 Å². The summed E-state index contributed by atoms with van der Waals surface area (Å²) in [6, 6.07) is 6.94. The van der Waals surface area contributed by atoms with Crippen molar-refractivity contribution in [2.24, 2.45) is 0 Å². The van der Waals surface area contributed by atoms with E-state index in [2.05, 4.69) is 6.58 Å². The number of rotatable bonds is 5. The Labute approximate surface area is 105 Å². The largest absolute Gasteiger partial charge is 0.488 e. The number of benzene rings is 1. The molecule has 0 aliphatic carbocycles. The number of nitrogens with zero attached hydrogens (tertiary/aromatic N) is 1. The minimum absolute atomic E-state index is 0.0968. The average Bonchev–Trinajstić information content (AvgIpc) is 2.33. The molecule has 5 heteroatoms. The van der Waals surface area contributed by atoms with Gasteiger partial charge in [-0.25, -0.2) is 0 Å². The molecular formula is C13H14N2O3. The van der Waals surface area contributed by atoms with Crippen molar-refractivity contribution >= 4 is 11.7 Å². The van der Waals surface area contributed by atoms with Crippen molar-refractivity contribution in [3.8, 4) is 11.8 Å². The lowest BCUT2D eigenvalue weighted by Gasteiger charge is -2.10. The van der Waals surface area contributed by atoms with E-state index in [1.54, 1.807) is 18.2 Å². The molecule has 1 aromatic carbocycles. The highest BCUT2D eigenvalue weighted by Gasteiger charge is 2.07. The van der Waals surface area contributed by atoms with E-state index >= 15 is 0 Å². The van der Waals surface area contributed by atoms with Gasteiger partial charge in [-0.1, -0.05) is 12.6 Å². The topological polar surface area (TPSA) is 85.3 Å². The molecule has 0 unspecified atom stereocenters. The zero-order valence-corrected chi connectivity index (χ0v) is 10.1. The summed E-state index contributed by atoms with van der Waals surface area (Å²) in [6.07, 6.45) is 0. The molecule has 5 nitrogen and oxygen atoms in total. The Kier molecular flexibility index (Phi) is 4.76. The Morgan fingerprint density at radius 1 is 1.50 bits per heavy atom. The maximum Gasteiger partial charge on any atom is 0.302 e. The molecule has 0 amide bonds. The molecule has 0 fully saturated rings. The third-order valence-electron chi connectivity index (χ3n) is 2.08. The molecule has 0 heterocycles. The first-order valence-electron chi connectivity index (χ1n) is 5.26. The van der Waals surface area contributed by atoms with Gasteiger partial charge >= 0.3 is 5.97 Å². The number of hydrogen-bond acceptors (Lipinski definition) is 5. The first-order valence-corrected chi connectivity index (χ1v) is 5.26. The molecule has 18 heavy (non-hydrogen) atoms. The number of nitrogen functional groups attached to an aromatic ring is 1. The summed E-state index contributed by atoms with van der Waals surface area (Å²) >= 11 is 0. The molecule has 0 saturated carbocycles. The predicted octanol–water partition coefficient (Wildman–Crippen LogP) is 1.64. The lowest BCUT2D eigenvalue weighted by Crippen LogP contribution is -2.09. The molecule has 1 aromatic rings. The van der Waals surface area contributed by atoms with Crippen molar-refractivity contribution in [2.45, 2.75) is 6.92 Å². The smallest absolute Gasteiger partial charge is 0.302 e. The lowest BCUT2D eigenvalue weighted by molar-refractivity contribution is -0.140. The third-order valence-corrected chi connectivity index (χ3v) is 2.08. The van der Waals surface area contributed by atoms with Crippen LogP contribution in [-0.2, 0) is 9.53 Å². The second kappa shape index (κ2) is 6.30. The number of esters is 1. The van der Waals surface area contributed by atoms with Gasteiger partial charge in [0.1, 0.15) is 30.6 Å². The molecule has 0 saturated heterocycles. The number of carbonyl (C=O) groups is 1. The number of anilines is 1. The molecule has 0 atom stereocenters. The minimum Gasteiger partial charge on any atom is -0.488 e. The van der Waals surface area contributed by atoms with Gasteiger partial charge < -0.3 is 15.2 Å². The first kappa shape index (κ1) is 13.6. The monoisotopic (exact) mass is 246 g/mol. The Bertz CT molecular complexity index is 503. The molecule has 0 aliphatic rings. The van der Waals surface area contributed by atoms with Gasteiger partial charge in [-0.05, 0) is 17.7 Å². The number of carbonyl (C=O) groups excluding carboxylic acids is 1. The average molecular weight is 246 g/mol. The molecule has 0 spiro atoms. The summed E-state index contributed by atoms with van der Waals surface area (Å²) in [4.78, 5) is 10.6. The molecule has 0 aliphatic heterocycles. The number of hydrogen-bond donors (Lipinski definition) is 1. The van der Waals surface area contributed by atoms with E-state index in [0.29, 0.717) is 17.0 Å². The number of nitriles is 1. The zero-order valence-electron chi connectivity index (χ0n) is 10.1. The first-order chi connectivity index (χ1) is 8.54. The molecule has 0 aromatic heterocycles. The summed E-state index contributed by atoms with van der Waals surface area (Å²) in [5, 5.41) is 8.94. The Morgan fingerprint density at radius 3 is 2.83 bits per heavy atom. The lowest BCUT2D eigenvalue weighted by atomic mass is 10.2. The van der Waals surface area contributed by atoms with Gasteiger partial charge in [0.15, 0.2) is 0 Å². The normalized spacial score (nSPS) is 9.33. The van der Waals surface area contributed by atoms with E-state index in [-0.39, 0.29) is 24.7 Å². The molecular weight excluding hydrogens is 232 g/mol. The van der Waals surface area contributed by atoms with Crippen molar-refractivity contribution in [1.29, 1.82) is 5.26 Å². The Morgan fingerprint density at radius 2 is 2.22 bits per heavy atom. The van der Waals surface area contributed by atoms with Crippen molar-refractivity contribution < 1.29 is 14.3 Å². The van der Waals surface area contributed by atoms with Gasteiger partial charge in [0.2, 0.25) is 0 Å². The molecule has 94 valence electrons. The highest BCUT2D eigenvalue weighted by atomic mass is 16.5. The SMILES string of the molecule is C=C(COC(C)=O)COc1cccc(N)c1C#N. The Balaban J connectivity index is 2.59. The fraction of sp³-hybridized carbons (Fsp3) is 0.231. The van der Waals surface area contributed by atoms with Crippen molar-refractivity contribution in [3.05, 3.63) is 35.9 Å². The van der Waals surface area contributed by atoms with Crippen LogP contribution in [0.25, 0.3) is 0 Å². The van der Waals surface area contributed by atoms with Crippen LogP contribution in [0.1, 0.15) is 12.5 Å². The maximum atomic E-state index is 10.6. The summed E-state index contributed by atoms with van der Waals surface area (Å²) in [7, 11) is 0. The van der Waals surface area contributed by atoms with E-state index in [1.807, 2.05) is 6.07 Å². The highest BCUT2D eigenvalue weighted by Crippen LogP contribution is 2.23. The minimum atomic E-state index is -0.377. The van der Waals surface area contributed by atoms with E-state index in [1.165, 1.54) is 6.92 Å². The van der Waals surface area contributed by atoms with Crippen LogP contribution in [0.3, 0.4) is 0 Å². The van der Waals surface area contributed by atoms with Crippen LogP contribution in [0, 0.1) is 11.3 Å². The standard InChI is InChI=1S/C13H14N2O3/c1-9(7-17-10(2)16)8-18-13-5-3-4-12(15)11(13)6-14/h3-5H,1,7-8,15H2,2H3. The van der Waals surface area contributed by atoms with Gasteiger partial charge in [-0.2, -0.15) is 5.26 Å². The molecule has 0 bridgehead atoms. The van der Waals surface area contributed by atoms with E-state index in [4.69, 9.17) is 20.5 Å². The van der Waals surface area contributed by atoms with Crippen LogP contribution >= 0.6 is 0 Å². The van der Waals surface area contributed by atoms with Crippen molar-refractivity contribution in [3.63, 3.8) is 0 Å². The quantitative estimate of drug-likeness (QED) is 0.485. The van der Waals surface area contributed by atoms with Crippen molar-refractivity contribution in [1.82, 2.24) is 0 Å². The van der Waals surface area contributed by atoms with Crippen LogP contribution in [-0.4, -0.2) is 19.2 Å². The fourth-order valence-corrected chi connectivity index (χ4v) is 1.21. The second-order valence-corrected chi connectivity index (χ2v) is 3.65. The maximum absolute atomic E-state index is 10.6. The highest BCUT2D eigenvalue weighted by molar-refractivity contribution is 5.66. The summed E-state index contributed by atoms with van der Waals surface area (Å²) in [5.41, 5.74) is 6.89. The van der Waals surface area contributed by atoms with Crippen LogP contribution in [0.15, 0.2) is 30.4 Å². The van der Waals surface area contributed by atoms with Gasteiger partial charge in [0.05, 0.1) is 5.69 Å². The second-order valence-electron chi connectivity index (χ2n) is 3.65. The van der Waals surface area contributed by atoms with Gasteiger partial charge in [-0.15, -0.1) is 0 Å². The van der Waals surface area contributed by atoms with Crippen LogP contribution < -0.4 is 10.5 Å². The summed E-state index contributed by atoms with van der Waals surface area (Å²) in [6.45, 7) is 5.28. The van der Waals surface area contributed by atoms with Crippen LogP contribution in [0.2, 0.25) is 0 Å². The molecule has 0 radical (unpaired) electrons. The summed E-state index contributed by atoms with van der Waals surface area (Å²) < 4.78 is 10.2. The van der Waals surface area contributed by atoms with Crippen LogP contribution in [0.4, 0.5) is 5.69 Å².